The van der Waals surface area contributed by atoms with Crippen molar-refractivity contribution < 1.29 is 4.79 Å². The molecule has 0 bridgehead atoms. The second-order valence-corrected chi connectivity index (χ2v) is 4.63. The maximum atomic E-state index is 11.7. The molecule has 72 valence electrons. The second kappa shape index (κ2) is 2.71. The van der Waals surface area contributed by atoms with Gasteiger partial charge in [-0.25, -0.2) is 0 Å². The number of likely N-dealkylation sites (tertiary alicyclic amines) is 1. The molecule has 0 radical (unpaired) electrons. The number of nitrogens with one attached hydrogen (secondary N) is 1. The first-order valence-corrected chi connectivity index (χ1v) is 5.37. The van der Waals surface area contributed by atoms with Crippen LogP contribution >= 0.6 is 0 Å². The average molecular weight is 180 g/mol. The Bertz CT molecular complexity index is 225. The smallest absolute Gasteiger partial charge is 0.225 e. The van der Waals surface area contributed by atoms with E-state index < -0.39 is 0 Å². The van der Waals surface area contributed by atoms with Crippen molar-refractivity contribution in [2.75, 3.05) is 19.6 Å². The molecule has 0 spiro atoms. The van der Waals surface area contributed by atoms with Crippen molar-refractivity contribution in [3.63, 3.8) is 0 Å². The minimum Gasteiger partial charge on any atom is -0.341 e. The summed E-state index contributed by atoms with van der Waals surface area (Å²) in [6.45, 7) is 3.15. The van der Waals surface area contributed by atoms with Crippen molar-refractivity contribution >= 4 is 5.91 Å². The number of carbonyl (C=O) groups excluding carboxylic acids is 1. The lowest BCUT2D eigenvalue weighted by Crippen LogP contribution is -2.34. The lowest BCUT2D eigenvalue weighted by Gasteiger charge is -2.16. The van der Waals surface area contributed by atoms with Gasteiger partial charge in [0.15, 0.2) is 0 Å². The molecule has 2 saturated heterocycles. The zero-order valence-electron chi connectivity index (χ0n) is 7.83. The standard InChI is InChI=1S/C10H16N2O/c13-10(7-1-2-7)12-5-8-3-4-11-9(8)6-12/h7-9,11H,1-6H2/t8-,9+/m0/s1. The fraction of sp³-hybridized carbons (Fsp3) is 0.900. The minimum atomic E-state index is 0.402. The molecule has 3 fully saturated rings. The summed E-state index contributed by atoms with van der Waals surface area (Å²) < 4.78 is 0. The van der Waals surface area contributed by atoms with E-state index in [1.807, 2.05) is 0 Å². The first-order valence-electron chi connectivity index (χ1n) is 5.37. The fourth-order valence-electron chi connectivity index (χ4n) is 2.62. The van der Waals surface area contributed by atoms with Crippen LogP contribution in [0.1, 0.15) is 19.3 Å². The number of fused-ring (bicyclic) bond motifs is 1. The second-order valence-electron chi connectivity index (χ2n) is 4.63. The summed E-state index contributed by atoms with van der Waals surface area (Å²) in [7, 11) is 0. The van der Waals surface area contributed by atoms with Crippen molar-refractivity contribution in [2.24, 2.45) is 11.8 Å². The van der Waals surface area contributed by atoms with Gasteiger partial charge in [0.1, 0.15) is 0 Å². The Morgan fingerprint density at radius 3 is 2.77 bits per heavy atom. The maximum Gasteiger partial charge on any atom is 0.225 e. The van der Waals surface area contributed by atoms with Gasteiger partial charge < -0.3 is 10.2 Å². The number of hydrogen-bond donors (Lipinski definition) is 1. The Morgan fingerprint density at radius 1 is 1.23 bits per heavy atom. The molecule has 0 aromatic rings. The summed E-state index contributed by atoms with van der Waals surface area (Å²) >= 11 is 0. The summed E-state index contributed by atoms with van der Waals surface area (Å²) in [6, 6.07) is 0.614. The van der Waals surface area contributed by atoms with Crippen molar-refractivity contribution in [3.8, 4) is 0 Å². The Labute approximate surface area is 78.5 Å². The van der Waals surface area contributed by atoms with Crippen molar-refractivity contribution in [3.05, 3.63) is 0 Å². The fourth-order valence-corrected chi connectivity index (χ4v) is 2.62. The van der Waals surface area contributed by atoms with Crippen LogP contribution in [0.4, 0.5) is 0 Å². The van der Waals surface area contributed by atoms with Crippen molar-refractivity contribution in [1.82, 2.24) is 10.2 Å². The number of nitrogens with zero attached hydrogens (tertiary/aromatic N) is 1. The van der Waals surface area contributed by atoms with Crippen LogP contribution in [0, 0.1) is 11.8 Å². The first kappa shape index (κ1) is 7.80. The third-order valence-corrected chi connectivity index (χ3v) is 3.60. The number of rotatable bonds is 1. The zero-order chi connectivity index (χ0) is 8.84. The Morgan fingerprint density at radius 2 is 2.08 bits per heavy atom. The summed E-state index contributed by atoms with van der Waals surface area (Å²) in [6.07, 6.45) is 3.54. The van der Waals surface area contributed by atoms with E-state index in [4.69, 9.17) is 0 Å². The summed E-state index contributed by atoms with van der Waals surface area (Å²) in [5, 5.41) is 3.47. The highest BCUT2D eigenvalue weighted by Crippen LogP contribution is 2.34. The van der Waals surface area contributed by atoms with E-state index in [9.17, 15) is 4.79 Å². The third-order valence-electron chi connectivity index (χ3n) is 3.60. The molecular formula is C10H16N2O. The Balaban J connectivity index is 1.65. The van der Waals surface area contributed by atoms with Gasteiger partial charge in [0.05, 0.1) is 0 Å². The highest BCUT2D eigenvalue weighted by molar-refractivity contribution is 5.81. The maximum absolute atomic E-state index is 11.7. The van der Waals surface area contributed by atoms with Gasteiger partial charge in [-0.05, 0) is 31.7 Å². The molecular weight excluding hydrogens is 164 g/mol. The molecule has 0 aromatic carbocycles. The van der Waals surface area contributed by atoms with E-state index >= 15 is 0 Å². The van der Waals surface area contributed by atoms with Crippen LogP contribution in [0.15, 0.2) is 0 Å². The molecule has 1 saturated carbocycles. The molecule has 1 N–H and O–H groups in total. The molecule has 3 rings (SSSR count). The van der Waals surface area contributed by atoms with Gasteiger partial charge in [-0.15, -0.1) is 0 Å². The van der Waals surface area contributed by atoms with E-state index in [0.717, 1.165) is 38.4 Å². The van der Waals surface area contributed by atoms with Gasteiger partial charge in [-0.1, -0.05) is 0 Å². The molecule has 3 heteroatoms. The first-order chi connectivity index (χ1) is 6.34. The molecule has 3 nitrogen and oxygen atoms in total. The van der Waals surface area contributed by atoms with Crippen LogP contribution in [0.2, 0.25) is 0 Å². The predicted molar refractivity (Wildman–Crippen MR) is 49.2 cm³/mol. The van der Waals surface area contributed by atoms with Gasteiger partial charge in [-0.3, -0.25) is 4.79 Å². The molecule has 2 aliphatic heterocycles. The molecule has 13 heavy (non-hydrogen) atoms. The van der Waals surface area contributed by atoms with Crippen LogP contribution in [-0.2, 0) is 4.79 Å². The largest absolute Gasteiger partial charge is 0.341 e. The van der Waals surface area contributed by atoms with Crippen molar-refractivity contribution in [1.29, 1.82) is 0 Å². The minimum absolute atomic E-state index is 0.402. The highest BCUT2D eigenvalue weighted by Gasteiger charge is 2.41. The molecule has 1 amide bonds. The van der Waals surface area contributed by atoms with E-state index in [0.29, 0.717) is 17.9 Å². The zero-order valence-corrected chi connectivity index (χ0v) is 7.83. The predicted octanol–water partition coefficient (Wildman–Crippen LogP) is 0.217. The number of hydrogen-bond acceptors (Lipinski definition) is 2. The SMILES string of the molecule is O=C(C1CC1)N1C[C@@H]2CCN[C@@H]2C1. The Kier molecular flexibility index (Phi) is 1.62. The monoisotopic (exact) mass is 180 g/mol. The van der Waals surface area contributed by atoms with Gasteiger partial charge in [0.2, 0.25) is 5.91 Å². The molecule has 2 atom stereocenters. The normalized spacial score (nSPS) is 38.0. The molecule has 0 aromatic heterocycles. The van der Waals surface area contributed by atoms with E-state index in [1.165, 1.54) is 6.42 Å². The van der Waals surface area contributed by atoms with Crippen LogP contribution in [0.25, 0.3) is 0 Å². The lowest BCUT2D eigenvalue weighted by atomic mass is 10.1. The molecule has 2 heterocycles. The van der Waals surface area contributed by atoms with Crippen LogP contribution < -0.4 is 5.32 Å². The number of amides is 1. The van der Waals surface area contributed by atoms with E-state index in [1.54, 1.807) is 0 Å². The van der Waals surface area contributed by atoms with E-state index in [-0.39, 0.29) is 0 Å². The quantitative estimate of drug-likeness (QED) is 0.626. The third kappa shape index (κ3) is 1.26. The Hall–Kier alpha value is -0.570. The van der Waals surface area contributed by atoms with Gasteiger partial charge in [-0.2, -0.15) is 0 Å². The molecule has 0 unspecified atom stereocenters. The summed E-state index contributed by atoms with van der Waals surface area (Å²) in [5.41, 5.74) is 0. The van der Waals surface area contributed by atoms with Crippen molar-refractivity contribution in [2.45, 2.75) is 25.3 Å². The van der Waals surface area contributed by atoms with E-state index in [2.05, 4.69) is 10.2 Å². The summed E-state index contributed by atoms with van der Waals surface area (Å²) in [4.78, 5) is 13.8. The summed E-state index contributed by atoms with van der Waals surface area (Å²) in [5.74, 6) is 1.58. The van der Waals surface area contributed by atoms with Crippen LogP contribution in [0.5, 0.6) is 0 Å². The van der Waals surface area contributed by atoms with Gasteiger partial charge >= 0.3 is 0 Å². The number of carbonyl (C=O) groups is 1. The lowest BCUT2D eigenvalue weighted by molar-refractivity contribution is -0.131. The topological polar surface area (TPSA) is 32.3 Å². The molecule has 1 aliphatic carbocycles. The molecule has 3 aliphatic rings. The van der Waals surface area contributed by atoms with Gasteiger partial charge in [0.25, 0.3) is 0 Å². The highest BCUT2D eigenvalue weighted by atomic mass is 16.2. The average Bonchev–Trinajstić information content (AvgIpc) is 2.73. The van der Waals surface area contributed by atoms with Gasteiger partial charge in [0, 0.05) is 25.0 Å². The van der Waals surface area contributed by atoms with Crippen LogP contribution in [0.3, 0.4) is 0 Å². The van der Waals surface area contributed by atoms with Crippen LogP contribution in [-0.4, -0.2) is 36.5 Å².